The van der Waals surface area contributed by atoms with Gasteiger partial charge in [-0.2, -0.15) is 0 Å². The largest absolute Gasteiger partial charge is 0.462 e. The minimum atomic E-state index is 0.0872. The Morgan fingerprint density at radius 3 is 2.21 bits per heavy atom. The van der Waals surface area contributed by atoms with Gasteiger partial charge in [0.2, 0.25) is 0 Å². The fourth-order valence-corrected chi connectivity index (χ4v) is 4.94. The molecule has 0 aliphatic carbocycles. The topological polar surface area (TPSA) is 40.6 Å². The molecular weight excluding hydrogens is 406 g/mol. The Morgan fingerprint density at radius 2 is 1.70 bits per heavy atom. The Labute approximate surface area is 198 Å². The van der Waals surface area contributed by atoms with Crippen molar-refractivity contribution in [2.24, 2.45) is 5.92 Å². The molecule has 0 fully saturated rings. The lowest BCUT2D eigenvalue weighted by molar-refractivity contribution is 0.275. The third-order valence-electron chi connectivity index (χ3n) is 7.25. The van der Waals surface area contributed by atoms with E-state index >= 15 is 0 Å². The first kappa shape index (κ1) is 22.9. The van der Waals surface area contributed by atoms with Gasteiger partial charge in [-0.15, -0.1) is 0 Å². The van der Waals surface area contributed by atoms with Crippen LogP contribution in [0.4, 0.5) is 5.69 Å². The van der Waals surface area contributed by atoms with Gasteiger partial charge in [-0.1, -0.05) is 47.6 Å². The maximum Gasteiger partial charge on any atom is 0.269 e. The van der Waals surface area contributed by atoms with Crippen LogP contribution in [-0.4, -0.2) is 13.1 Å². The predicted octanol–water partition coefficient (Wildman–Crippen LogP) is 7.02. The molecule has 170 valence electrons. The maximum atomic E-state index is 9.35. The highest BCUT2D eigenvalue weighted by molar-refractivity contribution is 5.72. The second-order valence-corrected chi connectivity index (χ2v) is 10.9. The summed E-state index contributed by atoms with van der Waals surface area (Å²) < 4.78 is 6.10. The molecule has 3 aliphatic rings. The summed E-state index contributed by atoms with van der Waals surface area (Å²) in [5.41, 5.74) is 6.44. The Bertz CT molecular complexity index is 1140. The summed E-state index contributed by atoms with van der Waals surface area (Å²) in [4.78, 5) is 5.96. The minimum absolute atomic E-state index is 0.0872. The van der Waals surface area contributed by atoms with Crippen LogP contribution in [0, 0.1) is 23.8 Å². The quantitative estimate of drug-likeness (QED) is 0.375. The molecule has 1 aromatic rings. The van der Waals surface area contributed by atoms with Crippen molar-refractivity contribution in [2.75, 3.05) is 18.0 Å². The van der Waals surface area contributed by atoms with E-state index in [9.17, 15) is 5.26 Å². The van der Waals surface area contributed by atoms with E-state index < -0.39 is 0 Å². The number of nitriles is 1. The van der Waals surface area contributed by atoms with Crippen LogP contribution < -0.4 is 4.90 Å². The second kappa shape index (κ2) is 8.27. The van der Waals surface area contributed by atoms with Gasteiger partial charge in [0, 0.05) is 24.7 Å². The molecule has 0 radical (unpaired) electrons. The zero-order valence-corrected chi connectivity index (χ0v) is 20.6. The van der Waals surface area contributed by atoms with Crippen LogP contribution in [0.25, 0.3) is 10.9 Å². The summed E-state index contributed by atoms with van der Waals surface area (Å²) in [5.74, 6) is 1.57. The molecule has 0 spiro atoms. The molecule has 0 atom stereocenters. The van der Waals surface area contributed by atoms with Crippen LogP contribution in [0.15, 0.2) is 53.1 Å². The highest BCUT2D eigenvalue weighted by atomic mass is 16.5. The van der Waals surface area contributed by atoms with Crippen molar-refractivity contribution in [3.8, 4) is 6.07 Å². The van der Waals surface area contributed by atoms with Gasteiger partial charge in [0.15, 0.2) is 0 Å². The van der Waals surface area contributed by atoms with E-state index in [1.54, 1.807) is 12.2 Å². The fraction of sp³-hybridized carbons (Fsp3) is 0.448. The average molecular weight is 440 g/mol. The van der Waals surface area contributed by atoms with Crippen molar-refractivity contribution in [1.82, 2.24) is 0 Å². The molecule has 33 heavy (non-hydrogen) atoms. The lowest BCUT2D eigenvalue weighted by atomic mass is 9.69. The highest BCUT2D eigenvalue weighted by Crippen LogP contribution is 2.49. The SMILES string of the molecule is [C-]#[N+]C(C#N)=C1C=C(C=Cc2cc3c4c(c2)C(C)(C)CCN4CCC3(C)C)OC(C(C)C)=C1. The number of hydrogen-bond donors (Lipinski definition) is 0. The molecule has 0 N–H and O–H groups in total. The number of rotatable bonds is 3. The van der Waals surface area contributed by atoms with E-state index in [0.29, 0.717) is 11.3 Å². The van der Waals surface area contributed by atoms with Gasteiger partial charge in [-0.3, -0.25) is 0 Å². The van der Waals surface area contributed by atoms with Crippen LogP contribution in [0.5, 0.6) is 0 Å². The Balaban J connectivity index is 1.78. The summed E-state index contributed by atoms with van der Waals surface area (Å²) in [7, 11) is 0. The average Bonchev–Trinajstić information content (AvgIpc) is 2.77. The van der Waals surface area contributed by atoms with E-state index in [4.69, 9.17) is 11.3 Å². The van der Waals surface area contributed by atoms with Crippen LogP contribution in [0.2, 0.25) is 0 Å². The Morgan fingerprint density at radius 1 is 1.09 bits per heavy atom. The van der Waals surface area contributed by atoms with Crippen molar-refractivity contribution in [3.05, 3.63) is 81.3 Å². The summed E-state index contributed by atoms with van der Waals surface area (Å²) >= 11 is 0. The van der Waals surface area contributed by atoms with Crippen molar-refractivity contribution < 1.29 is 4.74 Å². The van der Waals surface area contributed by atoms with E-state index in [1.165, 1.54) is 16.8 Å². The van der Waals surface area contributed by atoms with Gasteiger partial charge in [0.25, 0.3) is 5.70 Å². The molecule has 3 heterocycles. The summed E-state index contributed by atoms with van der Waals surface area (Å²) in [6, 6.07) is 6.68. The molecule has 4 rings (SSSR count). The van der Waals surface area contributed by atoms with Gasteiger partial charge >= 0.3 is 0 Å². The van der Waals surface area contributed by atoms with Crippen molar-refractivity contribution in [2.45, 2.75) is 65.2 Å². The first-order valence-electron chi connectivity index (χ1n) is 11.8. The molecule has 0 saturated heterocycles. The molecule has 0 bridgehead atoms. The lowest BCUT2D eigenvalue weighted by Gasteiger charge is -2.48. The second-order valence-electron chi connectivity index (χ2n) is 10.9. The number of hydrogen-bond acceptors (Lipinski definition) is 3. The first-order chi connectivity index (χ1) is 15.6. The standard InChI is InChI=1S/C29H33N3O/c1-19(2)26-17-21(25(18-30)31-7)16-22(33-26)9-8-20-14-23-27-24(15-20)29(5,6)11-13-32(27)12-10-28(23,3)4/h8-9,14-17,19H,10-13H2,1-6H3. The number of allylic oxidation sites excluding steroid dienone is 6. The van der Waals surface area contributed by atoms with Crippen LogP contribution in [0.1, 0.15) is 71.1 Å². The van der Waals surface area contributed by atoms with Gasteiger partial charge in [0.1, 0.15) is 11.5 Å². The zero-order chi connectivity index (χ0) is 24.0. The van der Waals surface area contributed by atoms with Gasteiger partial charge in [0.05, 0.1) is 12.6 Å². The van der Waals surface area contributed by atoms with E-state index in [0.717, 1.165) is 37.3 Å². The molecule has 0 amide bonds. The predicted molar refractivity (Wildman–Crippen MR) is 134 cm³/mol. The highest BCUT2D eigenvalue weighted by Gasteiger charge is 2.39. The van der Waals surface area contributed by atoms with Crippen molar-refractivity contribution in [3.63, 3.8) is 0 Å². The van der Waals surface area contributed by atoms with E-state index in [1.807, 2.05) is 26.0 Å². The lowest BCUT2D eigenvalue weighted by Crippen LogP contribution is -2.44. The van der Waals surface area contributed by atoms with E-state index in [-0.39, 0.29) is 22.4 Å². The minimum Gasteiger partial charge on any atom is -0.462 e. The molecule has 0 saturated carbocycles. The van der Waals surface area contributed by atoms with Gasteiger partial charge < -0.3 is 9.64 Å². The summed E-state index contributed by atoms with van der Waals surface area (Å²) in [5, 5.41) is 9.35. The smallest absolute Gasteiger partial charge is 0.269 e. The Hall–Kier alpha value is -3.24. The fourth-order valence-electron chi connectivity index (χ4n) is 4.94. The normalized spacial score (nSPS) is 22.0. The zero-order valence-electron chi connectivity index (χ0n) is 20.6. The van der Waals surface area contributed by atoms with Crippen LogP contribution in [0.3, 0.4) is 0 Å². The molecular formula is C29H33N3O. The van der Waals surface area contributed by atoms with E-state index in [2.05, 4.69) is 55.6 Å². The van der Waals surface area contributed by atoms with Crippen LogP contribution >= 0.6 is 0 Å². The van der Waals surface area contributed by atoms with Gasteiger partial charge in [-0.25, -0.2) is 10.1 Å². The number of ether oxygens (including phenoxy) is 1. The Kier molecular flexibility index (Phi) is 5.75. The molecule has 4 nitrogen and oxygen atoms in total. The number of benzene rings is 1. The summed E-state index contributed by atoms with van der Waals surface area (Å²) in [6.45, 7) is 23.1. The molecule has 0 aromatic heterocycles. The number of nitrogens with zero attached hydrogens (tertiary/aromatic N) is 3. The molecule has 1 aromatic carbocycles. The van der Waals surface area contributed by atoms with Crippen molar-refractivity contribution >= 4 is 11.8 Å². The third kappa shape index (κ3) is 4.23. The molecule has 4 heteroatoms. The van der Waals surface area contributed by atoms with Crippen molar-refractivity contribution in [1.29, 1.82) is 5.26 Å². The first-order valence-corrected chi connectivity index (χ1v) is 11.8. The number of anilines is 1. The maximum absolute atomic E-state index is 9.35. The third-order valence-corrected chi connectivity index (χ3v) is 7.25. The molecule has 3 aliphatic heterocycles. The monoisotopic (exact) mass is 439 g/mol. The van der Waals surface area contributed by atoms with Gasteiger partial charge in [-0.05, 0) is 76.3 Å². The summed E-state index contributed by atoms with van der Waals surface area (Å²) in [6.07, 6.45) is 9.98. The van der Waals surface area contributed by atoms with Crippen LogP contribution in [-0.2, 0) is 15.6 Å². The molecule has 0 unspecified atom stereocenters.